The first-order valence-electron chi connectivity index (χ1n) is 25.1. The molecule has 3 heterocycles. The summed E-state index contributed by atoms with van der Waals surface area (Å²) in [5.41, 5.74) is 12.4. The Morgan fingerprint density at radius 3 is 1.79 bits per heavy atom. The summed E-state index contributed by atoms with van der Waals surface area (Å²) in [6.07, 6.45) is 22.1. The maximum absolute atomic E-state index is 4.94. The van der Waals surface area contributed by atoms with Crippen LogP contribution in [0.25, 0.3) is 60.9 Å². The van der Waals surface area contributed by atoms with Gasteiger partial charge in [0.15, 0.2) is 5.82 Å². The van der Waals surface area contributed by atoms with Gasteiger partial charge in [0.1, 0.15) is 5.82 Å². The largest absolute Gasteiger partial charge is 0.355 e. The Morgan fingerprint density at radius 2 is 1.06 bits per heavy atom. The van der Waals surface area contributed by atoms with Crippen molar-refractivity contribution in [1.82, 2.24) is 24.5 Å². The highest BCUT2D eigenvalue weighted by Crippen LogP contribution is 2.39. The van der Waals surface area contributed by atoms with E-state index in [4.69, 9.17) is 9.97 Å². The van der Waals surface area contributed by atoms with Gasteiger partial charge in [-0.05, 0) is 118 Å². The van der Waals surface area contributed by atoms with Crippen LogP contribution >= 0.6 is 0 Å². The third kappa shape index (κ3) is 10.3. The summed E-state index contributed by atoms with van der Waals surface area (Å²) in [6.45, 7) is 9.92. The third-order valence-corrected chi connectivity index (χ3v) is 12.4. The Morgan fingerprint density at radius 1 is 0.465 bits per heavy atom. The number of para-hydroxylation sites is 4. The highest BCUT2D eigenvalue weighted by molar-refractivity contribution is 6.11. The lowest BCUT2D eigenvalue weighted by Crippen LogP contribution is -2.15. The van der Waals surface area contributed by atoms with Gasteiger partial charge in [-0.25, -0.2) is 4.98 Å². The lowest BCUT2D eigenvalue weighted by Gasteiger charge is -2.26. The number of hydrogen-bond donors (Lipinski definition) is 1. The van der Waals surface area contributed by atoms with E-state index < -0.39 is 0 Å². The molecule has 0 saturated heterocycles. The van der Waals surface area contributed by atoms with Crippen LogP contribution in [0.3, 0.4) is 0 Å². The predicted molar refractivity (Wildman–Crippen MR) is 302 cm³/mol. The highest BCUT2D eigenvalue weighted by atomic mass is 15.2. The number of fused-ring (bicyclic) bond motifs is 6. The Bertz CT molecular complexity index is 3540. The summed E-state index contributed by atoms with van der Waals surface area (Å²) >= 11 is 0. The second-order valence-corrected chi connectivity index (χ2v) is 16.8. The van der Waals surface area contributed by atoms with Crippen LogP contribution in [0.4, 0.5) is 22.7 Å². The fourth-order valence-corrected chi connectivity index (χ4v) is 9.28. The van der Waals surface area contributed by atoms with Crippen LogP contribution in [0.15, 0.2) is 236 Å². The van der Waals surface area contributed by atoms with Crippen molar-refractivity contribution in [2.45, 2.75) is 60.3 Å². The van der Waals surface area contributed by atoms with Crippen molar-refractivity contribution in [1.29, 1.82) is 0 Å². The van der Waals surface area contributed by atoms with E-state index >= 15 is 0 Å². The molecule has 2 aliphatic rings. The molecular formula is C64H61N7. The second kappa shape index (κ2) is 22.7. The molecule has 0 unspecified atom stereocenters. The van der Waals surface area contributed by atoms with Crippen molar-refractivity contribution in [2.75, 3.05) is 9.80 Å². The van der Waals surface area contributed by atoms with Crippen LogP contribution in [0.1, 0.15) is 59.2 Å². The predicted octanol–water partition coefficient (Wildman–Crippen LogP) is 17.6. The molecular weight excluding hydrogens is 867 g/mol. The topological polar surface area (TPSA) is 65.9 Å². The summed E-state index contributed by atoms with van der Waals surface area (Å²) in [5.74, 6) is 1.97. The standard InChI is InChI=1S/C35H27N5.C25H22N2.2C2H6/c1-25-36-34(26-14-6-4-7-15-26)38-35(37-25)40-32-21-13-12-20-30(32)31-24-29(22-23-33(31)40)39(28-18-10-5-11-19-28)27-16-8-2-3-9-17-27;1-2-5-11-19(10-4-1)27(20-12-6-3-7-13-20)21-16-17-25-23(18-21)22-14-8-9-15-24(22)26-25;2*1-2/h2-8,10-24H,9H2,1H3;3-4,6-18,26H,1-2,5H2;2*1-2H3. The molecule has 0 spiro atoms. The molecule has 0 bridgehead atoms. The van der Waals surface area contributed by atoms with E-state index in [-0.39, 0.29) is 0 Å². The van der Waals surface area contributed by atoms with E-state index in [1.165, 1.54) is 45.3 Å². The molecule has 7 nitrogen and oxygen atoms in total. The summed E-state index contributed by atoms with van der Waals surface area (Å²) in [5, 5.41) is 4.83. The van der Waals surface area contributed by atoms with Gasteiger partial charge in [0, 0.05) is 72.3 Å². The molecule has 0 aliphatic heterocycles. The average molecular weight is 928 g/mol. The van der Waals surface area contributed by atoms with E-state index in [0.29, 0.717) is 17.6 Å². The molecule has 352 valence electrons. The van der Waals surface area contributed by atoms with Gasteiger partial charge in [-0.2, -0.15) is 9.97 Å². The zero-order valence-corrected chi connectivity index (χ0v) is 41.4. The zero-order chi connectivity index (χ0) is 48.9. The molecule has 0 fully saturated rings. The van der Waals surface area contributed by atoms with E-state index in [1.807, 2.05) is 65.0 Å². The number of rotatable bonds is 8. The molecule has 10 aromatic rings. The molecule has 71 heavy (non-hydrogen) atoms. The van der Waals surface area contributed by atoms with Crippen molar-refractivity contribution in [3.05, 3.63) is 242 Å². The minimum atomic E-state index is 0.616. The Balaban J connectivity index is 0.000000175. The Hall–Kier alpha value is -8.55. The first kappa shape index (κ1) is 47.5. The molecule has 2 aliphatic carbocycles. The van der Waals surface area contributed by atoms with Gasteiger partial charge in [0.2, 0.25) is 5.95 Å². The maximum atomic E-state index is 4.94. The summed E-state index contributed by atoms with van der Waals surface area (Å²) in [6, 6.07) is 61.6. The molecule has 3 aromatic heterocycles. The van der Waals surface area contributed by atoms with Crippen molar-refractivity contribution < 1.29 is 0 Å². The lowest BCUT2D eigenvalue weighted by molar-refractivity contribution is 0.873. The molecule has 7 aromatic carbocycles. The number of hydrogen-bond acceptors (Lipinski definition) is 5. The van der Waals surface area contributed by atoms with Gasteiger partial charge >= 0.3 is 0 Å². The maximum Gasteiger partial charge on any atom is 0.238 e. The summed E-state index contributed by atoms with van der Waals surface area (Å²) in [7, 11) is 0. The number of allylic oxidation sites excluding steroid dienone is 8. The van der Waals surface area contributed by atoms with Crippen LogP contribution in [0, 0.1) is 6.92 Å². The second-order valence-electron chi connectivity index (χ2n) is 16.8. The molecule has 12 rings (SSSR count). The molecule has 7 heteroatoms. The minimum Gasteiger partial charge on any atom is -0.355 e. The average Bonchev–Trinajstić information content (AvgIpc) is 3.64. The SMILES string of the molecule is C1=CC(N(c2ccccc2)c2ccc3[nH]c4ccccc4c3c2)=CCCC1.CC.CC.Cc1nc(-c2ccccc2)nc(-n2c3ccccc3c3cc(N(C4=CCC=CC=C4)c4ccccc4)ccc32)n1. The molecule has 0 atom stereocenters. The smallest absolute Gasteiger partial charge is 0.238 e. The van der Waals surface area contributed by atoms with Gasteiger partial charge < -0.3 is 14.8 Å². The summed E-state index contributed by atoms with van der Waals surface area (Å²) < 4.78 is 2.15. The van der Waals surface area contributed by atoms with Crippen LogP contribution in [-0.4, -0.2) is 24.5 Å². The Labute approximate surface area is 418 Å². The fourth-order valence-electron chi connectivity index (χ4n) is 9.28. The van der Waals surface area contributed by atoms with Crippen LogP contribution in [-0.2, 0) is 0 Å². The van der Waals surface area contributed by atoms with Crippen LogP contribution in [0.5, 0.6) is 0 Å². The molecule has 1 N–H and O–H groups in total. The summed E-state index contributed by atoms with van der Waals surface area (Å²) in [4.78, 5) is 22.6. The monoisotopic (exact) mass is 927 g/mol. The van der Waals surface area contributed by atoms with Gasteiger partial charge in [-0.1, -0.05) is 167 Å². The van der Waals surface area contributed by atoms with Crippen molar-refractivity contribution in [3.63, 3.8) is 0 Å². The van der Waals surface area contributed by atoms with Crippen LogP contribution in [0.2, 0.25) is 0 Å². The van der Waals surface area contributed by atoms with Gasteiger partial charge in [0.25, 0.3) is 0 Å². The zero-order valence-electron chi connectivity index (χ0n) is 41.4. The van der Waals surface area contributed by atoms with Crippen molar-refractivity contribution in [3.8, 4) is 17.3 Å². The lowest BCUT2D eigenvalue weighted by atomic mass is 10.1. The Kier molecular flexibility index (Phi) is 15.2. The van der Waals surface area contributed by atoms with Crippen molar-refractivity contribution >= 4 is 66.4 Å². The van der Waals surface area contributed by atoms with Gasteiger partial charge in [-0.15, -0.1) is 0 Å². The van der Waals surface area contributed by atoms with Crippen molar-refractivity contribution in [2.24, 2.45) is 0 Å². The number of aromatic nitrogens is 5. The first-order valence-corrected chi connectivity index (χ1v) is 25.1. The number of aryl methyl sites for hydroxylation is 1. The number of aromatic amines is 1. The first-order chi connectivity index (χ1) is 35.2. The van der Waals surface area contributed by atoms with E-state index in [2.05, 4.69) is 219 Å². The highest BCUT2D eigenvalue weighted by Gasteiger charge is 2.20. The van der Waals surface area contributed by atoms with Gasteiger partial charge in [-0.3, -0.25) is 4.57 Å². The van der Waals surface area contributed by atoms with E-state index in [0.717, 1.165) is 63.7 Å². The number of benzene rings is 7. The number of anilines is 4. The normalized spacial score (nSPS) is 12.9. The van der Waals surface area contributed by atoms with E-state index in [1.54, 1.807) is 0 Å². The number of H-pyrrole nitrogens is 1. The molecule has 0 saturated carbocycles. The number of nitrogens with one attached hydrogen (secondary N) is 1. The molecule has 0 amide bonds. The quantitative estimate of drug-likeness (QED) is 0.164. The van der Waals surface area contributed by atoms with E-state index in [9.17, 15) is 0 Å². The minimum absolute atomic E-state index is 0.616. The fraction of sp³-hybridized carbons (Fsp3) is 0.141. The van der Waals surface area contributed by atoms with Gasteiger partial charge in [0.05, 0.1) is 11.0 Å². The molecule has 0 radical (unpaired) electrons. The number of nitrogens with zero attached hydrogens (tertiary/aromatic N) is 6. The van der Waals surface area contributed by atoms with Crippen LogP contribution < -0.4 is 9.80 Å². The third-order valence-electron chi connectivity index (χ3n) is 12.4.